The summed E-state index contributed by atoms with van der Waals surface area (Å²) in [5.41, 5.74) is 1.51. The summed E-state index contributed by atoms with van der Waals surface area (Å²) in [5, 5.41) is 7.17. The average Bonchev–Trinajstić information content (AvgIpc) is 3.32. The first-order valence-electron chi connectivity index (χ1n) is 8.69. The Morgan fingerprint density at radius 3 is 2.76 bits per heavy atom. The number of ether oxygens (including phenoxy) is 2. The van der Waals surface area contributed by atoms with E-state index in [0.717, 1.165) is 41.2 Å². The van der Waals surface area contributed by atoms with Crippen molar-refractivity contribution in [1.82, 2.24) is 14.8 Å². The van der Waals surface area contributed by atoms with Crippen molar-refractivity contribution in [3.8, 4) is 0 Å². The van der Waals surface area contributed by atoms with Crippen molar-refractivity contribution >= 4 is 34.9 Å². The molecular formula is C17H26BrN3O3Si. The van der Waals surface area contributed by atoms with Crippen molar-refractivity contribution in [1.29, 1.82) is 0 Å². The minimum atomic E-state index is -1.13. The zero-order valence-corrected chi connectivity index (χ0v) is 17.9. The molecule has 2 aromatic rings. The largest absolute Gasteiger partial charge is 0.376 e. The maximum absolute atomic E-state index is 12.4. The van der Waals surface area contributed by atoms with Crippen LogP contribution in [0.2, 0.25) is 25.7 Å². The quantitative estimate of drug-likeness (QED) is 0.512. The molecule has 3 rings (SSSR count). The Kier molecular flexibility index (Phi) is 5.53. The number of hydrogen-bond acceptors (Lipinski definition) is 4. The van der Waals surface area contributed by atoms with Crippen LogP contribution in [0.1, 0.15) is 24.5 Å². The van der Waals surface area contributed by atoms with E-state index in [4.69, 9.17) is 9.47 Å². The Morgan fingerprint density at radius 2 is 2.16 bits per heavy atom. The summed E-state index contributed by atoms with van der Waals surface area (Å²) in [6.07, 6.45) is 3.87. The smallest absolute Gasteiger partial charge is 0.274 e. The molecule has 1 aliphatic carbocycles. The van der Waals surface area contributed by atoms with Crippen LogP contribution in [0.5, 0.6) is 0 Å². The highest BCUT2D eigenvalue weighted by Crippen LogP contribution is 2.47. The normalized spacial score (nSPS) is 16.5. The first-order chi connectivity index (χ1) is 11.8. The second kappa shape index (κ2) is 7.34. The first-order valence-corrected chi connectivity index (χ1v) is 13.2. The molecule has 0 aliphatic heterocycles. The van der Waals surface area contributed by atoms with Crippen molar-refractivity contribution in [2.45, 2.75) is 51.4 Å². The fourth-order valence-electron chi connectivity index (χ4n) is 3.07. The van der Waals surface area contributed by atoms with E-state index in [1.54, 1.807) is 13.3 Å². The second-order valence-electron chi connectivity index (χ2n) is 7.93. The van der Waals surface area contributed by atoms with Gasteiger partial charge in [-0.2, -0.15) is 5.10 Å². The second-order valence-corrected chi connectivity index (χ2v) is 14.3. The van der Waals surface area contributed by atoms with Crippen LogP contribution in [-0.2, 0) is 16.2 Å². The number of nitrogens with one attached hydrogen (secondary N) is 1. The molecule has 2 aromatic heterocycles. The van der Waals surface area contributed by atoms with E-state index in [1.807, 2.05) is 4.57 Å². The minimum absolute atomic E-state index is 0.0800. The summed E-state index contributed by atoms with van der Waals surface area (Å²) in [6.45, 7) is 8.12. The molecule has 138 valence electrons. The molecular weight excluding hydrogens is 402 g/mol. The van der Waals surface area contributed by atoms with E-state index < -0.39 is 8.07 Å². The number of fused-ring (bicyclic) bond motifs is 1. The Balaban J connectivity index is 1.94. The third-order valence-corrected chi connectivity index (χ3v) is 7.22. The van der Waals surface area contributed by atoms with Crippen LogP contribution < -0.4 is 5.56 Å². The van der Waals surface area contributed by atoms with Gasteiger partial charge >= 0.3 is 0 Å². The summed E-state index contributed by atoms with van der Waals surface area (Å²) in [5.74, 6) is 0.473. The number of aromatic amines is 1. The van der Waals surface area contributed by atoms with Gasteiger partial charge in [-0.05, 0) is 40.7 Å². The fraction of sp³-hybridized carbons (Fsp3) is 0.647. The molecule has 25 heavy (non-hydrogen) atoms. The van der Waals surface area contributed by atoms with Gasteiger partial charge in [0.15, 0.2) is 0 Å². The van der Waals surface area contributed by atoms with Gasteiger partial charge in [-0.1, -0.05) is 19.6 Å². The molecule has 1 fully saturated rings. The van der Waals surface area contributed by atoms with Crippen LogP contribution in [0, 0.1) is 5.92 Å². The van der Waals surface area contributed by atoms with Crippen LogP contribution in [0.4, 0.5) is 0 Å². The Labute approximate surface area is 157 Å². The molecule has 1 aliphatic rings. The molecule has 8 heteroatoms. The van der Waals surface area contributed by atoms with Gasteiger partial charge < -0.3 is 14.0 Å². The van der Waals surface area contributed by atoms with Crippen LogP contribution in [-0.4, -0.2) is 36.6 Å². The number of hydrogen-bond donors (Lipinski definition) is 1. The number of aromatic nitrogens is 3. The van der Waals surface area contributed by atoms with E-state index in [1.165, 1.54) is 0 Å². The standard InChI is InChI=1S/C17H26BrN3O3Si/c1-23-15(11-5-6-11)14-13-12(9-19-20-17(13)22)21(16(14)18)10-24-7-8-25(2,3)4/h9,11,15H,5-8,10H2,1-4H3,(H,20,22). The van der Waals surface area contributed by atoms with E-state index in [0.29, 0.717) is 18.0 Å². The molecule has 0 saturated heterocycles. The van der Waals surface area contributed by atoms with E-state index in [-0.39, 0.29) is 11.7 Å². The van der Waals surface area contributed by atoms with Crippen LogP contribution in [0.3, 0.4) is 0 Å². The van der Waals surface area contributed by atoms with Crippen molar-refractivity contribution < 1.29 is 9.47 Å². The van der Waals surface area contributed by atoms with Gasteiger partial charge in [0.2, 0.25) is 0 Å². The van der Waals surface area contributed by atoms with E-state index in [9.17, 15) is 4.79 Å². The highest BCUT2D eigenvalue weighted by molar-refractivity contribution is 9.10. The highest BCUT2D eigenvalue weighted by atomic mass is 79.9. The first kappa shape index (κ1) is 18.8. The summed E-state index contributed by atoms with van der Waals surface area (Å²) >= 11 is 3.69. The van der Waals surface area contributed by atoms with Crippen molar-refractivity contribution in [3.63, 3.8) is 0 Å². The lowest BCUT2D eigenvalue weighted by Gasteiger charge is -2.17. The van der Waals surface area contributed by atoms with Gasteiger partial charge in [-0.15, -0.1) is 0 Å². The lowest BCUT2D eigenvalue weighted by molar-refractivity contribution is 0.0794. The molecule has 0 radical (unpaired) electrons. The summed E-state index contributed by atoms with van der Waals surface area (Å²) in [6, 6.07) is 1.11. The van der Waals surface area contributed by atoms with Crippen molar-refractivity contribution in [2.75, 3.05) is 13.7 Å². The maximum Gasteiger partial charge on any atom is 0.274 e. The molecule has 1 saturated carbocycles. The molecule has 0 aromatic carbocycles. The molecule has 1 atom stereocenters. The lowest BCUT2D eigenvalue weighted by atomic mass is 10.1. The van der Waals surface area contributed by atoms with Gasteiger partial charge in [0.1, 0.15) is 6.73 Å². The third-order valence-electron chi connectivity index (χ3n) is 4.66. The molecule has 0 spiro atoms. The van der Waals surface area contributed by atoms with Gasteiger partial charge in [-0.3, -0.25) is 4.79 Å². The molecule has 1 unspecified atom stereocenters. The van der Waals surface area contributed by atoms with Gasteiger partial charge in [0, 0.05) is 27.4 Å². The number of methoxy groups -OCH3 is 1. The predicted molar refractivity (Wildman–Crippen MR) is 105 cm³/mol. The van der Waals surface area contributed by atoms with Crippen LogP contribution in [0.15, 0.2) is 15.6 Å². The average molecular weight is 428 g/mol. The summed E-state index contributed by atoms with van der Waals surface area (Å²) < 4.78 is 14.5. The molecule has 1 N–H and O–H groups in total. The third kappa shape index (κ3) is 4.07. The maximum atomic E-state index is 12.4. The number of nitrogens with zero attached hydrogens (tertiary/aromatic N) is 2. The van der Waals surface area contributed by atoms with Crippen LogP contribution in [0.25, 0.3) is 10.9 Å². The molecule has 2 heterocycles. The Morgan fingerprint density at radius 1 is 1.44 bits per heavy atom. The van der Waals surface area contributed by atoms with Crippen LogP contribution >= 0.6 is 15.9 Å². The van der Waals surface area contributed by atoms with E-state index in [2.05, 4.69) is 45.8 Å². The zero-order valence-electron chi connectivity index (χ0n) is 15.3. The number of rotatable bonds is 8. The SMILES string of the molecule is COC(c1c(Br)n(COCC[Si](C)(C)C)c2cn[nH]c(=O)c12)C1CC1. The molecule has 0 bridgehead atoms. The Hall–Kier alpha value is -0.963. The number of halogens is 1. The lowest BCUT2D eigenvalue weighted by Crippen LogP contribution is -2.22. The van der Waals surface area contributed by atoms with Gasteiger partial charge in [0.05, 0.1) is 27.8 Å². The van der Waals surface area contributed by atoms with Crippen molar-refractivity contribution in [2.24, 2.45) is 5.92 Å². The van der Waals surface area contributed by atoms with E-state index >= 15 is 0 Å². The minimum Gasteiger partial charge on any atom is -0.376 e. The Bertz CT molecular complexity index is 808. The predicted octanol–water partition coefficient (Wildman–Crippen LogP) is 3.90. The fourth-order valence-corrected chi connectivity index (χ4v) is 4.55. The van der Waals surface area contributed by atoms with Gasteiger partial charge in [-0.25, -0.2) is 5.10 Å². The summed E-state index contributed by atoms with van der Waals surface area (Å²) in [7, 11) is 0.577. The topological polar surface area (TPSA) is 69.1 Å². The monoisotopic (exact) mass is 427 g/mol. The summed E-state index contributed by atoms with van der Waals surface area (Å²) in [4.78, 5) is 12.4. The molecule has 0 amide bonds. The highest BCUT2D eigenvalue weighted by Gasteiger charge is 2.37. The van der Waals surface area contributed by atoms with Gasteiger partial charge in [0.25, 0.3) is 5.56 Å². The zero-order chi connectivity index (χ0) is 18.2. The molecule has 6 nitrogen and oxygen atoms in total. The number of H-pyrrole nitrogens is 1. The van der Waals surface area contributed by atoms with Crippen molar-refractivity contribution in [3.05, 3.63) is 26.7 Å².